The molecule has 32 heavy (non-hydrogen) atoms. The van der Waals surface area contributed by atoms with Crippen LogP contribution in [0.15, 0.2) is 64.9 Å². The maximum absolute atomic E-state index is 12.9. The van der Waals surface area contributed by atoms with Gasteiger partial charge in [0, 0.05) is 31.7 Å². The number of ether oxygens (including phenoxy) is 1. The Bertz CT molecular complexity index is 1200. The molecule has 1 aliphatic rings. The van der Waals surface area contributed by atoms with Crippen LogP contribution in [0.5, 0.6) is 5.75 Å². The third kappa shape index (κ3) is 4.99. The Morgan fingerprint density at radius 3 is 2.44 bits per heavy atom. The molecule has 9 heteroatoms. The molecule has 1 saturated heterocycles. The van der Waals surface area contributed by atoms with Gasteiger partial charge in [-0.25, -0.2) is 8.42 Å². The van der Waals surface area contributed by atoms with Gasteiger partial charge in [0.05, 0.1) is 14.8 Å². The Labute approximate surface area is 197 Å². The molecule has 168 valence electrons. The highest BCUT2D eigenvalue weighted by molar-refractivity contribution is 7.89. The smallest absolute Gasteiger partial charge is 0.264 e. The molecule has 0 saturated carbocycles. The number of hydrogen-bond acceptors (Lipinski definition) is 5. The number of piperazine rings is 1. The lowest BCUT2D eigenvalue weighted by atomic mass is 10.2. The summed E-state index contributed by atoms with van der Waals surface area (Å²) in [4.78, 5) is 15.5. The van der Waals surface area contributed by atoms with Crippen LogP contribution in [0.1, 0.15) is 20.8 Å². The van der Waals surface area contributed by atoms with Crippen LogP contribution in [0.25, 0.3) is 0 Å². The minimum Gasteiger partial charge on any atom is -0.487 e. The molecular formula is C23H23ClN2O4S2. The predicted octanol–water partition coefficient (Wildman–Crippen LogP) is 4.44. The van der Waals surface area contributed by atoms with Gasteiger partial charge in [0.1, 0.15) is 12.4 Å². The van der Waals surface area contributed by atoms with E-state index in [2.05, 4.69) is 0 Å². The first-order chi connectivity index (χ1) is 15.3. The van der Waals surface area contributed by atoms with Crippen LogP contribution in [-0.4, -0.2) is 49.7 Å². The zero-order valence-electron chi connectivity index (χ0n) is 17.5. The first kappa shape index (κ1) is 22.8. The number of halogens is 1. The minimum atomic E-state index is -3.56. The van der Waals surface area contributed by atoms with Gasteiger partial charge < -0.3 is 9.64 Å². The van der Waals surface area contributed by atoms with Gasteiger partial charge in [-0.1, -0.05) is 41.4 Å². The highest BCUT2D eigenvalue weighted by atomic mass is 35.5. The number of thiophene rings is 1. The quantitative estimate of drug-likeness (QED) is 0.512. The summed E-state index contributed by atoms with van der Waals surface area (Å²) < 4.78 is 32.9. The molecule has 1 aliphatic heterocycles. The first-order valence-corrected chi connectivity index (χ1v) is 12.9. The number of carbonyl (C=O) groups is 1. The molecule has 3 aromatic rings. The average Bonchev–Trinajstić information content (AvgIpc) is 3.27. The SMILES string of the molecule is Cc1ccc(S(=O)(=O)N2CCN(C(=O)c3cc(COc4ccccc4Cl)cs3)CC2)cc1. The Morgan fingerprint density at radius 2 is 1.75 bits per heavy atom. The fourth-order valence-electron chi connectivity index (χ4n) is 3.43. The number of para-hydroxylation sites is 1. The number of aryl methyl sites for hydroxylation is 1. The largest absolute Gasteiger partial charge is 0.487 e. The van der Waals surface area contributed by atoms with Crippen molar-refractivity contribution < 1.29 is 17.9 Å². The van der Waals surface area contributed by atoms with Crippen LogP contribution in [0.2, 0.25) is 5.02 Å². The van der Waals surface area contributed by atoms with Gasteiger partial charge in [0.2, 0.25) is 10.0 Å². The molecule has 0 N–H and O–H groups in total. The maximum atomic E-state index is 12.9. The van der Waals surface area contributed by atoms with Crippen LogP contribution in [0.3, 0.4) is 0 Å². The highest BCUT2D eigenvalue weighted by Gasteiger charge is 2.30. The summed E-state index contributed by atoms with van der Waals surface area (Å²) in [6.45, 7) is 3.49. The van der Waals surface area contributed by atoms with E-state index in [4.69, 9.17) is 16.3 Å². The number of carbonyl (C=O) groups excluding carboxylic acids is 1. The van der Waals surface area contributed by atoms with Crippen LogP contribution in [-0.2, 0) is 16.6 Å². The van der Waals surface area contributed by atoms with Gasteiger partial charge >= 0.3 is 0 Å². The van der Waals surface area contributed by atoms with E-state index < -0.39 is 10.0 Å². The maximum Gasteiger partial charge on any atom is 0.264 e. The van der Waals surface area contributed by atoms with Gasteiger partial charge in [-0.05, 0) is 42.6 Å². The van der Waals surface area contributed by atoms with E-state index in [0.717, 1.165) is 11.1 Å². The molecule has 0 bridgehead atoms. The molecule has 0 spiro atoms. The summed E-state index contributed by atoms with van der Waals surface area (Å²) in [7, 11) is -3.56. The minimum absolute atomic E-state index is 0.0913. The van der Waals surface area contributed by atoms with Crippen LogP contribution in [0, 0.1) is 6.92 Å². The third-order valence-corrected chi connectivity index (χ3v) is 8.47. The van der Waals surface area contributed by atoms with Crippen molar-refractivity contribution >= 4 is 38.9 Å². The normalized spacial score (nSPS) is 15.0. The van der Waals surface area contributed by atoms with E-state index in [1.165, 1.54) is 15.6 Å². The summed E-state index contributed by atoms with van der Waals surface area (Å²) in [6, 6.07) is 15.9. The Morgan fingerprint density at radius 1 is 1.06 bits per heavy atom. The average molecular weight is 491 g/mol. The zero-order valence-corrected chi connectivity index (χ0v) is 19.9. The van der Waals surface area contributed by atoms with Crippen molar-refractivity contribution in [2.75, 3.05) is 26.2 Å². The first-order valence-electron chi connectivity index (χ1n) is 10.2. The number of amides is 1. The molecule has 1 fully saturated rings. The summed E-state index contributed by atoms with van der Waals surface area (Å²) in [5, 5.41) is 2.43. The second-order valence-corrected chi connectivity index (χ2v) is 10.8. The Balaban J connectivity index is 1.34. The number of nitrogens with zero attached hydrogens (tertiary/aromatic N) is 2. The molecule has 2 aromatic carbocycles. The number of sulfonamides is 1. The van der Waals surface area contributed by atoms with E-state index >= 15 is 0 Å². The molecule has 1 aromatic heterocycles. The molecular weight excluding hydrogens is 468 g/mol. The molecule has 0 aliphatic carbocycles. The summed E-state index contributed by atoms with van der Waals surface area (Å²) in [5.41, 5.74) is 1.89. The Hall–Kier alpha value is -2.39. The van der Waals surface area contributed by atoms with E-state index in [1.54, 1.807) is 41.3 Å². The van der Waals surface area contributed by atoms with Crippen molar-refractivity contribution in [1.82, 2.24) is 9.21 Å². The van der Waals surface area contributed by atoms with Crippen molar-refractivity contribution in [1.29, 1.82) is 0 Å². The number of rotatable bonds is 6. The molecule has 0 unspecified atom stereocenters. The van der Waals surface area contributed by atoms with Gasteiger partial charge in [-0.15, -0.1) is 11.3 Å². The second kappa shape index (κ2) is 9.62. The lowest BCUT2D eigenvalue weighted by Crippen LogP contribution is -2.50. The van der Waals surface area contributed by atoms with Crippen molar-refractivity contribution in [3.8, 4) is 5.75 Å². The number of benzene rings is 2. The predicted molar refractivity (Wildman–Crippen MR) is 126 cm³/mol. The van der Waals surface area contributed by atoms with E-state index in [1.807, 2.05) is 30.5 Å². The highest BCUT2D eigenvalue weighted by Crippen LogP contribution is 2.26. The topological polar surface area (TPSA) is 66.9 Å². The lowest BCUT2D eigenvalue weighted by Gasteiger charge is -2.33. The van der Waals surface area contributed by atoms with Gasteiger partial charge in [0.15, 0.2) is 0 Å². The van der Waals surface area contributed by atoms with Crippen LogP contribution < -0.4 is 4.74 Å². The molecule has 0 radical (unpaired) electrons. The summed E-state index contributed by atoms with van der Waals surface area (Å²) in [5.74, 6) is 0.505. The van der Waals surface area contributed by atoms with Crippen molar-refractivity contribution in [3.63, 3.8) is 0 Å². The van der Waals surface area contributed by atoms with Gasteiger partial charge in [-0.2, -0.15) is 4.31 Å². The lowest BCUT2D eigenvalue weighted by molar-refractivity contribution is 0.0702. The molecule has 4 rings (SSSR count). The fraction of sp³-hybridized carbons (Fsp3) is 0.261. The van der Waals surface area contributed by atoms with Crippen molar-refractivity contribution in [2.45, 2.75) is 18.4 Å². The van der Waals surface area contributed by atoms with Gasteiger partial charge in [0.25, 0.3) is 5.91 Å². The van der Waals surface area contributed by atoms with E-state index in [-0.39, 0.29) is 23.9 Å². The van der Waals surface area contributed by atoms with Crippen LogP contribution >= 0.6 is 22.9 Å². The van der Waals surface area contributed by atoms with Crippen molar-refractivity contribution in [3.05, 3.63) is 81.0 Å². The monoisotopic (exact) mass is 490 g/mol. The molecule has 0 atom stereocenters. The standard InChI is InChI=1S/C23H23ClN2O4S2/c1-17-6-8-19(9-7-17)32(28,29)26-12-10-25(11-13-26)23(27)22-14-18(16-31-22)15-30-21-5-3-2-4-20(21)24/h2-9,14,16H,10-13,15H2,1H3. The summed E-state index contributed by atoms with van der Waals surface area (Å²) >= 11 is 7.47. The zero-order chi connectivity index (χ0) is 22.7. The molecule has 2 heterocycles. The fourth-order valence-corrected chi connectivity index (χ4v) is 5.91. The van der Waals surface area contributed by atoms with Crippen LogP contribution in [0.4, 0.5) is 0 Å². The molecule has 6 nitrogen and oxygen atoms in total. The van der Waals surface area contributed by atoms with E-state index in [9.17, 15) is 13.2 Å². The van der Waals surface area contributed by atoms with E-state index in [0.29, 0.717) is 35.3 Å². The second-order valence-electron chi connectivity index (χ2n) is 7.55. The number of hydrogen-bond donors (Lipinski definition) is 0. The third-order valence-electron chi connectivity index (χ3n) is 5.28. The molecule has 1 amide bonds. The van der Waals surface area contributed by atoms with Crippen molar-refractivity contribution in [2.24, 2.45) is 0 Å². The summed E-state index contributed by atoms with van der Waals surface area (Å²) in [6.07, 6.45) is 0. The van der Waals surface area contributed by atoms with Gasteiger partial charge in [-0.3, -0.25) is 4.79 Å². The Kier molecular flexibility index (Phi) is 6.85.